The number of piperidine rings is 1. The van der Waals surface area contributed by atoms with E-state index in [1.165, 1.54) is 0 Å². The summed E-state index contributed by atoms with van der Waals surface area (Å²) in [6, 6.07) is 0.0458. The van der Waals surface area contributed by atoms with Gasteiger partial charge in [-0.05, 0) is 32.2 Å². The molecule has 0 aliphatic carbocycles. The second-order valence-corrected chi connectivity index (χ2v) is 4.50. The first-order valence-electron chi connectivity index (χ1n) is 5.77. The Hall–Kier alpha value is -0.610. The molecule has 0 aromatic carbocycles. The third-order valence-corrected chi connectivity index (χ3v) is 3.18. The lowest BCUT2D eigenvalue weighted by Gasteiger charge is -2.25. The first-order valence-corrected chi connectivity index (χ1v) is 5.77. The lowest BCUT2D eigenvalue weighted by molar-refractivity contribution is -0.126. The van der Waals surface area contributed by atoms with Gasteiger partial charge in [0, 0.05) is 19.2 Å². The highest BCUT2D eigenvalue weighted by atomic mass is 16.3. The summed E-state index contributed by atoms with van der Waals surface area (Å²) in [5, 5.41) is 15.1. The van der Waals surface area contributed by atoms with Crippen LogP contribution in [0.2, 0.25) is 0 Å². The Morgan fingerprint density at radius 3 is 2.87 bits per heavy atom. The van der Waals surface area contributed by atoms with Crippen molar-refractivity contribution in [3.8, 4) is 0 Å². The first kappa shape index (κ1) is 12.5. The molecule has 2 unspecified atom stereocenters. The molecule has 4 heteroatoms. The zero-order chi connectivity index (χ0) is 11.3. The second kappa shape index (κ2) is 6.08. The van der Waals surface area contributed by atoms with Crippen molar-refractivity contribution in [2.45, 2.75) is 32.7 Å². The molecular formula is C11H22N2O2. The zero-order valence-corrected chi connectivity index (χ0v) is 9.62. The van der Waals surface area contributed by atoms with Crippen LogP contribution in [0.5, 0.6) is 0 Å². The second-order valence-electron chi connectivity index (χ2n) is 4.50. The van der Waals surface area contributed by atoms with Gasteiger partial charge in [0.05, 0.1) is 5.92 Å². The summed E-state index contributed by atoms with van der Waals surface area (Å²) >= 11 is 0. The molecule has 3 N–H and O–H groups in total. The van der Waals surface area contributed by atoms with Gasteiger partial charge in [-0.15, -0.1) is 0 Å². The standard InChI is InChI=1S/C11H22N2O2/c1-8(7-14)9(2)13-11(15)10-4-3-5-12-6-10/h8-10,12,14H,3-7H2,1-2H3,(H,13,15)/t8?,9?,10-/m0/s1. The molecule has 3 atom stereocenters. The van der Waals surface area contributed by atoms with Crippen molar-refractivity contribution in [3.05, 3.63) is 0 Å². The Morgan fingerprint density at radius 1 is 1.60 bits per heavy atom. The SMILES string of the molecule is CC(CO)C(C)NC(=O)[C@H]1CCCNC1. The molecule has 1 aliphatic rings. The topological polar surface area (TPSA) is 61.4 Å². The van der Waals surface area contributed by atoms with E-state index in [1.807, 2.05) is 13.8 Å². The van der Waals surface area contributed by atoms with Crippen LogP contribution in [0, 0.1) is 11.8 Å². The fourth-order valence-electron chi connectivity index (χ4n) is 1.72. The van der Waals surface area contributed by atoms with Crippen LogP contribution in [0.4, 0.5) is 0 Å². The predicted molar refractivity (Wildman–Crippen MR) is 59.4 cm³/mol. The molecular weight excluding hydrogens is 192 g/mol. The van der Waals surface area contributed by atoms with Crippen molar-refractivity contribution in [1.82, 2.24) is 10.6 Å². The number of hydrogen-bond acceptors (Lipinski definition) is 3. The molecule has 1 aliphatic heterocycles. The van der Waals surface area contributed by atoms with Gasteiger partial charge in [0.2, 0.25) is 5.91 Å². The Balaban J connectivity index is 2.33. The lowest BCUT2D eigenvalue weighted by atomic mass is 9.97. The fourth-order valence-corrected chi connectivity index (χ4v) is 1.72. The van der Waals surface area contributed by atoms with E-state index in [0.29, 0.717) is 0 Å². The van der Waals surface area contributed by atoms with Crippen LogP contribution in [0.15, 0.2) is 0 Å². The van der Waals surface area contributed by atoms with Crippen molar-refractivity contribution >= 4 is 5.91 Å². The Labute approximate surface area is 91.4 Å². The van der Waals surface area contributed by atoms with Crippen molar-refractivity contribution in [1.29, 1.82) is 0 Å². The number of rotatable bonds is 4. The van der Waals surface area contributed by atoms with Crippen LogP contribution >= 0.6 is 0 Å². The number of carbonyl (C=O) groups excluding carboxylic acids is 1. The molecule has 0 aromatic heterocycles. The minimum atomic E-state index is 0.0458. The average molecular weight is 214 g/mol. The number of hydrogen-bond donors (Lipinski definition) is 3. The minimum absolute atomic E-state index is 0.0458. The summed E-state index contributed by atoms with van der Waals surface area (Å²) in [6.45, 7) is 5.79. The highest BCUT2D eigenvalue weighted by molar-refractivity contribution is 5.79. The normalized spacial score (nSPS) is 25.7. The van der Waals surface area contributed by atoms with Crippen LogP contribution in [-0.4, -0.2) is 36.8 Å². The number of aliphatic hydroxyl groups is 1. The van der Waals surface area contributed by atoms with Gasteiger partial charge in [-0.1, -0.05) is 6.92 Å². The molecule has 0 radical (unpaired) electrons. The summed E-state index contributed by atoms with van der Waals surface area (Å²) in [5.74, 6) is 0.340. The highest BCUT2D eigenvalue weighted by Crippen LogP contribution is 2.11. The van der Waals surface area contributed by atoms with E-state index < -0.39 is 0 Å². The Kier molecular flexibility index (Phi) is 5.05. The number of carbonyl (C=O) groups is 1. The molecule has 0 bridgehead atoms. The summed E-state index contributed by atoms with van der Waals surface area (Å²) in [4.78, 5) is 11.8. The molecule has 1 fully saturated rings. The highest BCUT2D eigenvalue weighted by Gasteiger charge is 2.23. The number of nitrogens with one attached hydrogen (secondary N) is 2. The number of aliphatic hydroxyl groups excluding tert-OH is 1. The first-order chi connectivity index (χ1) is 7.15. The zero-order valence-electron chi connectivity index (χ0n) is 9.62. The molecule has 15 heavy (non-hydrogen) atoms. The minimum Gasteiger partial charge on any atom is -0.396 e. The van der Waals surface area contributed by atoms with Crippen LogP contribution in [0.3, 0.4) is 0 Å². The summed E-state index contributed by atoms with van der Waals surface area (Å²) in [6.07, 6.45) is 2.04. The van der Waals surface area contributed by atoms with E-state index in [0.717, 1.165) is 25.9 Å². The predicted octanol–water partition coefficient (Wildman–Crippen LogP) is 0.119. The van der Waals surface area contributed by atoms with E-state index in [9.17, 15) is 4.79 Å². The van der Waals surface area contributed by atoms with E-state index in [4.69, 9.17) is 5.11 Å². The van der Waals surface area contributed by atoms with Crippen LogP contribution in [0.1, 0.15) is 26.7 Å². The monoisotopic (exact) mass is 214 g/mol. The molecule has 0 saturated carbocycles. The Morgan fingerprint density at radius 2 is 2.33 bits per heavy atom. The lowest BCUT2D eigenvalue weighted by Crippen LogP contribution is -2.45. The fraction of sp³-hybridized carbons (Fsp3) is 0.909. The van der Waals surface area contributed by atoms with Gasteiger partial charge < -0.3 is 15.7 Å². The van der Waals surface area contributed by atoms with Crippen LogP contribution < -0.4 is 10.6 Å². The van der Waals surface area contributed by atoms with Crippen molar-refractivity contribution < 1.29 is 9.90 Å². The maximum Gasteiger partial charge on any atom is 0.224 e. The summed E-state index contributed by atoms with van der Waals surface area (Å²) in [5.41, 5.74) is 0. The van der Waals surface area contributed by atoms with Gasteiger partial charge in [-0.3, -0.25) is 4.79 Å². The van der Waals surface area contributed by atoms with Crippen LogP contribution in [-0.2, 0) is 4.79 Å². The van der Waals surface area contributed by atoms with E-state index in [1.54, 1.807) is 0 Å². The van der Waals surface area contributed by atoms with Gasteiger partial charge in [-0.25, -0.2) is 0 Å². The molecule has 1 heterocycles. The van der Waals surface area contributed by atoms with Gasteiger partial charge in [0.15, 0.2) is 0 Å². The van der Waals surface area contributed by atoms with Gasteiger partial charge in [-0.2, -0.15) is 0 Å². The van der Waals surface area contributed by atoms with Crippen molar-refractivity contribution in [2.75, 3.05) is 19.7 Å². The molecule has 0 spiro atoms. The van der Waals surface area contributed by atoms with Crippen LogP contribution in [0.25, 0.3) is 0 Å². The molecule has 88 valence electrons. The third-order valence-electron chi connectivity index (χ3n) is 3.18. The van der Waals surface area contributed by atoms with Gasteiger partial charge in [0.1, 0.15) is 0 Å². The summed E-state index contributed by atoms with van der Waals surface area (Å²) < 4.78 is 0. The molecule has 1 saturated heterocycles. The smallest absolute Gasteiger partial charge is 0.224 e. The van der Waals surface area contributed by atoms with Gasteiger partial charge in [0.25, 0.3) is 0 Å². The molecule has 4 nitrogen and oxygen atoms in total. The largest absolute Gasteiger partial charge is 0.396 e. The van der Waals surface area contributed by atoms with E-state index in [-0.39, 0.29) is 30.4 Å². The Bertz CT molecular complexity index is 203. The molecule has 1 amide bonds. The molecule has 0 aromatic rings. The van der Waals surface area contributed by atoms with Crippen molar-refractivity contribution in [3.63, 3.8) is 0 Å². The van der Waals surface area contributed by atoms with Gasteiger partial charge >= 0.3 is 0 Å². The molecule has 1 rings (SSSR count). The maximum atomic E-state index is 11.8. The third kappa shape index (κ3) is 3.80. The van der Waals surface area contributed by atoms with E-state index >= 15 is 0 Å². The quantitative estimate of drug-likeness (QED) is 0.623. The average Bonchev–Trinajstić information content (AvgIpc) is 2.29. The maximum absolute atomic E-state index is 11.8. The van der Waals surface area contributed by atoms with Crippen molar-refractivity contribution in [2.24, 2.45) is 11.8 Å². The summed E-state index contributed by atoms with van der Waals surface area (Å²) in [7, 11) is 0. The number of amides is 1. The van der Waals surface area contributed by atoms with E-state index in [2.05, 4.69) is 10.6 Å².